The van der Waals surface area contributed by atoms with Crippen molar-refractivity contribution in [2.24, 2.45) is 0 Å². The molecule has 0 saturated heterocycles. The van der Waals surface area contributed by atoms with Crippen molar-refractivity contribution in [3.8, 4) is 0 Å². The first-order chi connectivity index (χ1) is 5.72. The van der Waals surface area contributed by atoms with Crippen molar-refractivity contribution < 1.29 is 5.11 Å². The standard InChI is InChI=1S/C10H11BrO/c1-8(7-12)5-9-3-2-4-10(11)6-9/h2-6,12H,7H2,1H3. The molecule has 0 radical (unpaired) electrons. The van der Waals surface area contributed by atoms with Crippen LogP contribution in [0.2, 0.25) is 0 Å². The van der Waals surface area contributed by atoms with E-state index in [2.05, 4.69) is 15.9 Å². The summed E-state index contributed by atoms with van der Waals surface area (Å²) in [5.41, 5.74) is 2.07. The third kappa shape index (κ3) is 2.80. The molecule has 0 amide bonds. The van der Waals surface area contributed by atoms with Crippen LogP contribution in [0.3, 0.4) is 0 Å². The second kappa shape index (κ2) is 4.43. The van der Waals surface area contributed by atoms with E-state index in [1.54, 1.807) is 0 Å². The minimum atomic E-state index is 0.118. The maximum atomic E-state index is 8.79. The number of hydrogen-bond donors (Lipinski definition) is 1. The quantitative estimate of drug-likeness (QED) is 0.823. The number of hydrogen-bond acceptors (Lipinski definition) is 1. The van der Waals surface area contributed by atoms with Crippen LogP contribution >= 0.6 is 15.9 Å². The van der Waals surface area contributed by atoms with Crippen molar-refractivity contribution in [2.75, 3.05) is 6.61 Å². The normalized spacial score (nSPS) is 11.8. The first-order valence-electron chi connectivity index (χ1n) is 3.76. The molecule has 0 spiro atoms. The molecule has 1 rings (SSSR count). The van der Waals surface area contributed by atoms with Crippen LogP contribution < -0.4 is 0 Å². The van der Waals surface area contributed by atoms with E-state index in [0.717, 1.165) is 15.6 Å². The van der Waals surface area contributed by atoms with Crippen molar-refractivity contribution in [1.82, 2.24) is 0 Å². The van der Waals surface area contributed by atoms with Gasteiger partial charge in [0.05, 0.1) is 6.61 Å². The summed E-state index contributed by atoms with van der Waals surface area (Å²) < 4.78 is 1.06. The smallest absolute Gasteiger partial charge is 0.0642 e. The highest BCUT2D eigenvalue weighted by atomic mass is 79.9. The van der Waals surface area contributed by atoms with Gasteiger partial charge in [0.2, 0.25) is 0 Å². The van der Waals surface area contributed by atoms with Gasteiger partial charge >= 0.3 is 0 Å². The average molecular weight is 227 g/mol. The summed E-state index contributed by atoms with van der Waals surface area (Å²) in [5, 5.41) is 8.79. The molecule has 0 saturated carbocycles. The van der Waals surface area contributed by atoms with Crippen LogP contribution in [0, 0.1) is 0 Å². The number of aliphatic hydroxyl groups excluding tert-OH is 1. The van der Waals surface area contributed by atoms with Gasteiger partial charge in [-0.05, 0) is 30.2 Å². The molecule has 2 heteroatoms. The highest BCUT2D eigenvalue weighted by Crippen LogP contribution is 2.13. The lowest BCUT2D eigenvalue weighted by Crippen LogP contribution is -1.83. The number of aliphatic hydroxyl groups is 1. The van der Waals surface area contributed by atoms with Gasteiger partial charge < -0.3 is 5.11 Å². The molecule has 1 N–H and O–H groups in total. The second-order valence-corrected chi connectivity index (χ2v) is 3.62. The van der Waals surface area contributed by atoms with Gasteiger partial charge in [-0.1, -0.05) is 34.1 Å². The summed E-state index contributed by atoms with van der Waals surface area (Å²) in [6, 6.07) is 7.97. The van der Waals surface area contributed by atoms with Crippen LogP contribution in [0.25, 0.3) is 6.08 Å². The van der Waals surface area contributed by atoms with Gasteiger partial charge in [0.25, 0.3) is 0 Å². The average Bonchev–Trinajstić information content (AvgIpc) is 2.04. The number of rotatable bonds is 2. The van der Waals surface area contributed by atoms with Gasteiger partial charge in [0, 0.05) is 4.47 Å². The summed E-state index contributed by atoms with van der Waals surface area (Å²) >= 11 is 3.38. The second-order valence-electron chi connectivity index (χ2n) is 2.70. The molecule has 64 valence electrons. The number of halogens is 1. The molecule has 1 nitrogen and oxygen atoms in total. The Morgan fingerprint density at radius 3 is 2.92 bits per heavy atom. The Kier molecular flexibility index (Phi) is 3.50. The summed E-state index contributed by atoms with van der Waals surface area (Å²) in [6.45, 7) is 2.02. The van der Waals surface area contributed by atoms with Crippen molar-refractivity contribution in [1.29, 1.82) is 0 Å². The van der Waals surface area contributed by atoms with E-state index in [-0.39, 0.29) is 6.61 Å². The number of benzene rings is 1. The van der Waals surface area contributed by atoms with E-state index >= 15 is 0 Å². The minimum Gasteiger partial charge on any atom is -0.392 e. The van der Waals surface area contributed by atoms with Gasteiger partial charge in [0.15, 0.2) is 0 Å². The molecule has 12 heavy (non-hydrogen) atoms. The monoisotopic (exact) mass is 226 g/mol. The van der Waals surface area contributed by atoms with Crippen LogP contribution in [0.15, 0.2) is 34.3 Å². The highest BCUT2D eigenvalue weighted by molar-refractivity contribution is 9.10. The van der Waals surface area contributed by atoms with Crippen molar-refractivity contribution in [3.05, 3.63) is 39.9 Å². The highest BCUT2D eigenvalue weighted by Gasteiger charge is 1.90. The largest absolute Gasteiger partial charge is 0.392 e. The zero-order chi connectivity index (χ0) is 8.97. The molecule has 0 atom stereocenters. The maximum absolute atomic E-state index is 8.79. The first-order valence-corrected chi connectivity index (χ1v) is 4.55. The lowest BCUT2D eigenvalue weighted by atomic mass is 10.1. The molecule has 0 aliphatic heterocycles. The molecule has 0 aromatic heterocycles. The van der Waals surface area contributed by atoms with Gasteiger partial charge in [-0.25, -0.2) is 0 Å². The van der Waals surface area contributed by atoms with Crippen molar-refractivity contribution in [3.63, 3.8) is 0 Å². The third-order valence-corrected chi connectivity index (χ3v) is 2.00. The Hall–Kier alpha value is -0.600. The molecule has 0 heterocycles. The zero-order valence-corrected chi connectivity index (χ0v) is 8.51. The molecule has 0 unspecified atom stereocenters. The summed E-state index contributed by atoms with van der Waals surface area (Å²) in [6.07, 6.45) is 1.96. The molecular formula is C10H11BrO. The van der Waals surface area contributed by atoms with E-state index in [1.807, 2.05) is 37.3 Å². The van der Waals surface area contributed by atoms with E-state index in [9.17, 15) is 0 Å². The predicted octanol–water partition coefficient (Wildman–Crippen LogP) is 2.84. The lowest BCUT2D eigenvalue weighted by Gasteiger charge is -1.96. The Bertz CT molecular complexity index is 292. The van der Waals surface area contributed by atoms with Crippen LogP contribution in [0.4, 0.5) is 0 Å². The third-order valence-electron chi connectivity index (χ3n) is 1.51. The molecule has 1 aromatic rings. The SMILES string of the molecule is CC(=Cc1cccc(Br)c1)CO. The van der Waals surface area contributed by atoms with Crippen LogP contribution in [-0.2, 0) is 0 Å². The Labute approximate surface area is 80.9 Å². The molecule has 0 aliphatic carbocycles. The van der Waals surface area contributed by atoms with Gasteiger partial charge in [-0.3, -0.25) is 0 Å². The van der Waals surface area contributed by atoms with Crippen LogP contribution in [-0.4, -0.2) is 11.7 Å². The van der Waals surface area contributed by atoms with Gasteiger partial charge in [0.1, 0.15) is 0 Å². The van der Waals surface area contributed by atoms with E-state index < -0.39 is 0 Å². The molecule has 0 fully saturated rings. The summed E-state index contributed by atoms with van der Waals surface area (Å²) in [4.78, 5) is 0. The van der Waals surface area contributed by atoms with Crippen LogP contribution in [0.5, 0.6) is 0 Å². The maximum Gasteiger partial charge on any atom is 0.0642 e. The minimum absolute atomic E-state index is 0.118. The van der Waals surface area contributed by atoms with E-state index in [1.165, 1.54) is 0 Å². The fourth-order valence-corrected chi connectivity index (χ4v) is 1.34. The van der Waals surface area contributed by atoms with E-state index in [4.69, 9.17) is 5.11 Å². The topological polar surface area (TPSA) is 20.2 Å². The fourth-order valence-electron chi connectivity index (χ4n) is 0.927. The van der Waals surface area contributed by atoms with Crippen molar-refractivity contribution >= 4 is 22.0 Å². The van der Waals surface area contributed by atoms with Gasteiger partial charge in [-0.2, -0.15) is 0 Å². The molecular weight excluding hydrogens is 216 g/mol. The zero-order valence-electron chi connectivity index (χ0n) is 6.92. The molecule has 0 bridgehead atoms. The molecule has 1 aromatic carbocycles. The molecule has 0 aliphatic rings. The van der Waals surface area contributed by atoms with Gasteiger partial charge in [-0.15, -0.1) is 0 Å². The Balaban J connectivity index is 2.89. The Morgan fingerprint density at radius 1 is 1.58 bits per heavy atom. The van der Waals surface area contributed by atoms with Crippen LogP contribution in [0.1, 0.15) is 12.5 Å². The first kappa shape index (κ1) is 9.49. The summed E-state index contributed by atoms with van der Waals surface area (Å²) in [5.74, 6) is 0. The fraction of sp³-hybridized carbons (Fsp3) is 0.200. The Morgan fingerprint density at radius 2 is 2.33 bits per heavy atom. The lowest BCUT2D eigenvalue weighted by molar-refractivity contribution is 0.332. The summed E-state index contributed by atoms with van der Waals surface area (Å²) in [7, 11) is 0. The van der Waals surface area contributed by atoms with Crippen molar-refractivity contribution in [2.45, 2.75) is 6.92 Å². The predicted molar refractivity (Wildman–Crippen MR) is 54.9 cm³/mol. The van der Waals surface area contributed by atoms with E-state index in [0.29, 0.717) is 0 Å².